The maximum Gasteiger partial charge on any atom is 0.0369 e. The molecule has 0 aliphatic heterocycles. The van der Waals surface area contributed by atoms with Gasteiger partial charge in [0.2, 0.25) is 0 Å². The number of hydrogen-bond acceptors (Lipinski definition) is 2. The molecule has 2 heteroatoms. The van der Waals surface area contributed by atoms with Gasteiger partial charge in [0, 0.05) is 23.7 Å². The number of nitrogens with zero attached hydrogens (tertiary/aromatic N) is 1. The van der Waals surface area contributed by atoms with Crippen molar-refractivity contribution in [3.8, 4) is 0 Å². The fourth-order valence-corrected chi connectivity index (χ4v) is 3.95. The maximum atomic E-state index is 2.56. The summed E-state index contributed by atoms with van der Waals surface area (Å²) in [7, 11) is 0. The predicted molar refractivity (Wildman–Crippen MR) is 93.6 cm³/mol. The smallest absolute Gasteiger partial charge is 0.0369 e. The zero-order chi connectivity index (χ0) is 14.5. The summed E-state index contributed by atoms with van der Waals surface area (Å²) >= 11 is 1.87. The Bertz CT molecular complexity index is 559. The summed E-state index contributed by atoms with van der Waals surface area (Å²) in [6.45, 7) is 4.56. The number of fused-ring (bicyclic) bond motifs is 1. The average Bonchev–Trinajstić information content (AvgIpc) is 3.04. The Kier molecular flexibility index (Phi) is 4.97. The Labute approximate surface area is 132 Å². The van der Waals surface area contributed by atoms with Gasteiger partial charge in [0.05, 0.1) is 0 Å². The van der Waals surface area contributed by atoms with Crippen LogP contribution in [0.5, 0.6) is 0 Å². The van der Waals surface area contributed by atoms with Gasteiger partial charge < -0.3 is 4.90 Å². The minimum absolute atomic E-state index is 1.13. The first-order valence-electron chi connectivity index (χ1n) is 8.26. The first kappa shape index (κ1) is 14.6. The summed E-state index contributed by atoms with van der Waals surface area (Å²) < 4.78 is 0. The number of anilines is 1. The van der Waals surface area contributed by atoms with E-state index in [1.54, 1.807) is 11.1 Å². The van der Waals surface area contributed by atoms with E-state index in [1.165, 1.54) is 42.7 Å². The Morgan fingerprint density at radius 1 is 1.05 bits per heavy atom. The standard InChI is InChI=1S/C19H25NS/c1-2-12-20(13-11-19-8-5-14-21-19)18-10-9-16-6-3-4-7-17(16)15-18/h5,8-10,14-15H,2-4,6-7,11-13H2,1H3. The molecular weight excluding hydrogens is 274 g/mol. The molecule has 0 fully saturated rings. The molecule has 0 saturated carbocycles. The molecule has 0 N–H and O–H groups in total. The largest absolute Gasteiger partial charge is 0.371 e. The molecule has 0 atom stereocenters. The van der Waals surface area contributed by atoms with Gasteiger partial charge in [-0.15, -0.1) is 11.3 Å². The molecule has 1 heterocycles. The zero-order valence-electron chi connectivity index (χ0n) is 13.0. The van der Waals surface area contributed by atoms with Crippen molar-refractivity contribution in [2.75, 3.05) is 18.0 Å². The number of aryl methyl sites for hydroxylation is 2. The molecule has 1 aliphatic rings. The monoisotopic (exact) mass is 299 g/mol. The normalized spacial score (nSPS) is 14.0. The van der Waals surface area contributed by atoms with Crippen molar-refractivity contribution in [2.24, 2.45) is 0 Å². The molecular formula is C19H25NS. The third-order valence-corrected chi connectivity index (χ3v) is 5.34. The Morgan fingerprint density at radius 3 is 2.67 bits per heavy atom. The van der Waals surface area contributed by atoms with Gasteiger partial charge in [-0.1, -0.05) is 19.1 Å². The van der Waals surface area contributed by atoms with Gasteiger partial charge in [-0.2, -0.15) is 0 Å². The topological polar surface area (TPSA) is 3.24 Å². The van der Waals surface area contributed by atoms with Crippen molar-refractivity contribution in [1.29, 1.82) is 0 Å². The Hall–Kier alpha value is -1.28. The van der Waals surface area contributed by atoms with Crippen molar-refractivity contribution >= 4 is 17.0 Å². The van der Waals surface area contributed by atoms with Gasteiger partial charge in [0.25, 0.3) is 0 Å². The highest BCUT2D eigenvalue weighted by Gasteiger charge is 2.12. The SMILES string of the molecule is CCCN(CCc1cccs1)c1ccc2c(c1)CCCC2. The Morgan fingerprint density at radius 2 is 1.90 bits per heavy atom. The van der Waals surface area contributed by atoms with E-state index in [0.29, 0.717) is 0 Å². The van der Waals surface area contributed by atoms with Gasteiger partial charge >= 0.3 is 0 Å². The predicted octanol–water partition coefficient (Wildman–Crippen LogP) is 5.09. The molecule has 0 amide bonds. The third kappa shape index (κ3) is 3.68. The van der Waals surface area contributed by atoms with Gasteiger partial charge in [0.15, 0.2) is 0 Å². The van der Waals surface area contributed by atoms with Crippen LogP contribution in [0.2, 0.25) is 0 Å². The van der Waals surface area contributed by atoms with Gasteiger partial charge in [-0.3, -0.25) is 0 Å². The van der Waals surface area contributed by atoms with Crippen LogP contribution < -0.4 is 4.90 Å². The van der Waals surface area contributed by atoms with Crippen LogP contribution in [0.3, 0.4) is 0 Å². The van der Waals surface area contributed by atoms with Crippen LogP contribution in [0.4, 0.5) is 5.69 Å². The van der Waals surface area contributed by atoms with E-state index in [0.717, 1.165) is 19.5 Å². The number of benzene rings is 1. The lowest BCUT2D eigenvalue weighted by atomic mass is 9.91. The van der Waals surface area contributed by atoms with Crippen molar-refractivity contribution in [2.45, 2.75) is 45.4 Å². The van der Waals surface area contributed by atoms with Crippen LogP contribution in [-0.4, -0.2) is 13.1 Å². The van der Waals surface area contributed by atoms with E-state index in [1.807, 2.05) is 11.3 Å². The molecule has 0 saturated heterocycles. The van der Waals surface area contributed by atoms with Crippen LogP contribution in [0.1, 0.15) is 42.2 Å². The molecule has 0 bridgehead atoms. The highest BCUT2D eigenvalue weighted by Crippen LogP contribution is 2.26. The molecule has 112 valence electrons. The number of hydrogen-bond donors (Lipinski definition) is 0. The van der Waals surface area contributed by atoms with Crippen LogP contribution in [-0.2, 0) is 19.3 Å². The summed E-state index contributed by atoms with van der Waals surface area (Å²) in [4.78, 5) is 4.06. The minimum atomic E-state index is 1.13. The van der Waals surface area contributed by atoms with Crippen molar-refractivity contribution in [3.63, 3.8) is 0 Å². The second kappa shape index (κ2) is 7.13. The third-order valence-electron chi connectivity index (χ3n) is 4.40. The fourth-order valence-electron chi connectivity index (χ4n) is 3.26. The van der Waals surface area contributed by atoms with Crippen LogP contribution in [0.25, 0.3) is 0 Å². The van der Waals surface area contributed by atoms with Crippen LogP contribution >= 0.6 is 11.3 Å². The van der Waals surface area contributed by atoms with E-state index in [-0.39, 0.29) is 0 Å². The fraction of sp³-hybridized carbons (Fsp3) is 0.474. The van der Waals surface area contributed by atoms with Gasteiger partial charge in [-0.25, -0.2) is 0 Å². The first-order valence-corrected chi connectivity index (χ1v) is 9.14. The second-order valence-corrected chi connectivity index (χ2v) is 7.01. The van der Waals surface area contributed by atoms with E-state index in [9.17, 15) is 0 Å². The molecule has 1 aromatic carbocycles. The van der Waals surface area contributed by atoms with Gasteiger partial charge in [-0.05, 0) is 73.2 Å². The van der Waals surface area contributed by atoms with E-state index < -0.39 is 0 Å². The quantitative estimate of drug-likeness (QED) is 0.718. The summed E-state index contributed by atoms with van der Waals surface area (Å²) in [6.07, 6.45) is 7.64. The van der Waals surface area contributed by atoms with E-state index in [4.69, 9.17) is 0 Å². The molecule has 2 aromatic rings. The molecule has 0 spiro atoms. The number of rotatable bonds is 6. The Balaban J connectivity index is 1.73. The summed E-state index contributed by atoms with van der Waals surface area (Å²) in [6, 6.07) is 11.6. The van der Waals surface area contributed by atoms with E-state index >= 15 is 0 Å². The minimum Gasteiger partial charge on any atom is -0.371 e. The molecule has 0 unspecified atom stereocenters. The molecule has 0 radical (unpaired) electrons. The lowest BCUT2D eigenvalue weighted by molar-refractivity contribution is 0.683. The van der Waals surface area contributed by atoms with Crippen molar-refractivity contribution in [1.82, 2.24) is 0 Å². The first-order chi connectivity index (χ1) is 10.4. The van der Waals surface area contributed by atoms with Crippen LogP contribution in [0, 0.1) is 0 Å². The maximum absolute atomic E-state index is 2.56. The van der Waals surface area contributed by atoms with Crippen LogP contribution in [0.15, 0.2) is 35.7 Å². The highest BCUT2D eigenvalue weighted by atomic mass is 32.1. The van der Waals surface area contributed by atoms with E-state index in [2.05, 4.69) is 47.5 Å². The highest BCUT2D eigenvalue weighted by molar-refractivity contribution is 7.09. The van der Waals surface area contributed by atoms with Gasteiger partial charge in [0.1, 0.15) is 0 Å². The van der Waals surface area contributed by atoms with Crippen molar-refractivity contribution in [3.05, 3.63) is 51.7 Å². The zero-order valence-corrected chi connectivity index (χ0v) is 13.8. The second-order valence-electron chi connectivity index (χ2n) is 5.98. The molecule has 1 aliphatic carbocycles. The molecule has 3 rings (SSSR count). The molecule has 21 heavy (non-hydrogen) atoms. The lowest BCUT2D eigenvalue weighted by Crippen LogP contribution is -2.26. The summed E-state index contributed by atoms with van der Waals surface area (Å²) in [5, 5.41) is 2.18. The molecule has 1 aromatic heterocycles. The van der Waals surface area contributed by atoms with Crippen molar-refractivity contribution < 1.29 is 0 Å². The lowest BCUT2D eigenvalue weighted by Gasteiger charge is -2.26. The molecule has 1 nitrogen and oxygen atoms in total. The average molecular weight is 299 g/mol. The summed E-state index contributed by atoms with van der Waals surface area (Å²) in [5.74, 6) is 0. The summed E-state index contributed by atoms with van der Waals surface area (Å²) in [5.41, 5.74) is 4.60. The number of thiophene rings is 1.